The van der Waals surface area contributed by atoms with Crippen molar-refractivity contribution in [3.05, 3.63) is 64.1 Å². The molecule has 0 aromatic heterocycles. The van der Waals surface area contributed by atoms with E-state index in [1.807, 2.05) is 45.0 Å². The van der Waals surface area contributed by atoms with Crippen LogP contribution in [-0.4, -0.2) is 48.7 Å². The highest BCUT2D eigenvalue weighted by Gasteiger charge is 2.35. The molecule has 6 nitrogen and oxygen atoms in total. The van der Waals surface area contributed by atoms with E-state index < -0.39 is 5.60 Å². The molecule has 1 saturated heterocycles. The number of methoxy groups -OCH3 is 1. The van der Waals surface area contributed by atoms with Crippen molar-refractivity contribution in [1.29, 1.82) is 0 Å². The molecule has 7 heteroatoms. The maximum Gasteiger partial charge on any atom is 0.410 e. The third-order valence-electron chi connectivity index (χ3n) is 5.23. The van der Waals surface area contributed by atoms with E-state index in [0.717, 1.165) is 10.0 Å². The third kappa shape index (κ3) is 6.23. The summed E-state index contributed by atoms with van der Waals surface area (Å²) in [5, 5.41) is 3.17. The minimum absolute atomic E-state index is 0.0448. The summed E-state index contributed by atoms with van der Waals surface area (Å²) >= 11 is 3.47. The van der Waals surface area contributed by atoms with Gasteiger partial charge >= 0.3 is 6.09 Å². The lowest BCUT2D eigenvalue weighted by atomic mass is 9.86. The number of hydrogen-bond acceptors (Lipinski definition) is 4. The highest BCUT2D eigenvalue weighted by molar-refractivity contribution is 9.10. The third-order valence-corrected chi connectivity index (χ3v) is 5.76. The molecule has 2 amide bonds. The van der Waals surface area contributed by atoms with Gasteiger partial charge in [-0.25, -0.2) is 4.79 Å². The summed E-state index contributed by atoms with van der Waals surface area (Å²) in [6.07, 6.45) is 0.316. The van der Waals surface area contributed by atoms with Gasteiger partial charge in [-0.3, -0.25) is 4.79 Å². The van der Waals surface area contributed by atoms with Crippen LogP contribution in [0.25, 0.3) is 0 Å². The van der Waals surface area contributed by atoms with Crippen molar-refractivity contribution in [3.63, 3.8) is 0 Å². The van der Waals surface area contributed by atoms with Crippen LogP contribution in [0.4, 0.5) is 4.79 Å². The molecule has 0 bridgehead atoms. The number of amides is 2. The molecule has 31 heavy (non-hydrogen) atoms. The molecule has 0 radical (unpaired) electrons. The van der Waals surface area contributed by atoms with E-state index in [9.17, 15) is 9.59 Å². The van der Waals surface area contributed by atoms with Crippen LogP contribution in [0.1, 0.15) is 49.0 Å². The highest BCUT2D eigenvalue weighted by Crippen LogP contribution is 2.30. The quantitative estimate of drug-likeness (QED) is 0.658. The summed E-state index contributed by atoms with van der Waals surface area (Å²) in [4.78, 5) is 27.3. The molecule has 2 unspecified atom stereocenters. The zero-order valence-corrected chi connectivity index (χ0v) is 19.9. The second-order valence-electron chi connectivity index (χ2n) is 8.68. The van der Waals surface area contributed by atoms with Gasteiger partial charge in [0.2, 0.25) is 0 Å². The van der Waals surface area contributed by atoms with Gasteiger partial charge in [0.1, 0.15) is 11.4 Å². The summed E-state index contributed by atoms with van der Waals surface area (Å²) in [5.41, 5.74) is 1.09. The average molecular weight is 489 g/mol. The molecule has 1 aliphatic rings. The maximum absolute atomic E-state index is 12.9. The number of carbonyl (C=O) groups excluding carboxylic acids is 2. The first-order valence-electron chi connectivity index (χ1n) is 10.3. The average Bonchev–Trinajstić information content (AvgIpc) is 2.73. The Morgan fingerprint density at radius 1 is 1.06 bits per heavy atom. The summed E-state index contributed by atoms with van der Waals surface area (Å²) in [6, 6.07) is 14.9. The van der Waals surface area contributed by atoms with Gasteiger partial charge in [0.25, 0.3) is 5.91 Å². The Morgan fingerprint density at radius 2 is 1.71 bits per heavy atom. The summed E-state index contributed by atoms with van der Waals surface area (Å²) in [7, 11) is 1.59. The SMILES string of the molecule is COc1ccc(C(=O)NC2CCN(C(=O)OC(C)(C)C)CC2c2ccc(Br)cc2)cc1. The lowest BCUT2D eigenvalue weighted by Crippen LogP contribution is -2.52. The number of likely N-dealkylation sites (tertiary alicyclic amines) is 1. The zero-order valence-electron chi connectivity index (χ0n) is 18.4. The molecule has 1 heterocycles. The molecule has 1 aliphatic heterocycles. The fourth-order valence-corrected chi connectivity index (χ4v) is 3.92. The normalized spacial score (nSPS) is 18.9. The van der Waals surface area contributed by atoms with E-state index in [2.05, 4.69) is 21.2 Å². The topological polar surface area (TPSA) is 67.9 Å². The van der Waals surface area contributed by atoms with E-state index >= 15 is 0 Å². The Kier molecular flexibility index (Phi) is 7.26. The minimum Gasteiger partial charge on any atom is -0.497 e. The first-order chi connectivity index (χ1) is 14.7. The molecular weight excluding hydrogens is 460 g/mol. The van der Waals surface area contributed by atoms with Crippen LogP contribution in [0.3, 0.4) is 0 Å². The van der Waals surface area contributed by atoms with Crippen LogP contribution in [0.2, 0.25) is 0 Å². The van der Waals surface area contributed by atoms with Gasteiger partial charge in [0.05, 0.1) is 7.11 Å². The van der Waals surface area contributed by atoms with Crippen molar-refractivity contribution in [2.24, 2.45) is 0 Å². The van der Waals surface area contributed by atoms with Gasteiger partial charge in [0.15, 0.2) is 0 Å². The predicted octanol–water partition coefficient (Wildman–Crippen LogP) is 4.98. The highest BCUT2D eigenvalue weighted by atomic mass is 79.9. The molecule has 0 aliphatic carbocycles. The summed E-state index contributed by atoms with van der Waals surface area (Å²) < 4.78 is 11.7. The van der Waals surface area contributed by atoms with Crippen molar-refractivity contribution in [2.45, 2.75) is 44.8 Å². The van der Waals surface area contributed by atoms with Crippen molar-refractivity contribution < 1.29 is 19.1 Å². The summed E-state index contributed by atoms with van der Waals surface area (Å²) in [6.45, 7) is 6.58. The van der Waals surface area contributed by atoms with Crippen LogP contribution in [0.5, 0.6) is 5.75 Å². The smallest absolute Gasteiger partial charge is 0.410 e. The number of halogens is 1. The number of ether oxygens (including phenoxy) is 2. The van der Waals surface area contributed by atoms with Gasteiger partial charge < -0.3 is 19.7 Å². The maximum atomic E-state index is 12.9. The van der Waals surface area contributed by atoms with Crippen molar-refractivity contribution >= 4 is 27.9 Å². The van der Waals surface area contributed by atoms with Crippen molar-refractivity contribution in [2.75, 3.05) is 20.2 Å². The first kappa shape index (κ1) is 23.1. The number of carbonyl (C=O) groups is 2. The molecule has 1 fully saturated rings. The predicted molar refractivity (Wildman–Crippen MR) is 124 cm³/mol. The van der Waals surface area contributed by atoms with Crippen molar-refractivity contribution in [1.82, 2.24) is 10.2 Å². The lowest BCUT2D eigenvalue weighted by molar-refractivity contribution is 0.0177. The molecular formula is C24H29BrN2O4. The van der Waals surface area contributed by atoms with Crippen LogP contribution in [0.15, 0.2) is 53.0 Å². The molecule has 2 atom stereocenters. The van der Waals surface area contributed by atoms with Gasteiger partial charge in [-0.15, -0.1) is 0 Å². The monoisotopic (exact) mass is 488 g/mol. The zero-order chi connectivity index (χ0) is 22.6. The molecule has 2 aromatic rings. The molecule has 0 saturated carbocycles. The van der Waals surface area contributed by atoms with Gasteiger partial charge in [-0.2, -0.15) is 0 Å². The number of nitrogens with one attached hydrogen (secondary N) is 1. The lowest BCUT2D eigenvalue weighted by Gasteiger charge is -2.39. The number of benzene rings is 2. The Balaban J connectivity index is 1.78. The van der Waals surface area contributed by atoms with E-state index in [1.165, 1.54) is 0 Å². The Labute approximate surface area is 192 Å². The second-order valence-corrected chi connectivity index (χ2v) is 9.60. The van der Waals surface area contributed by atoms with Gasteiger partial charge in [-0.05, 0) is 69.2 Å². The number of piperidine rings is 1. The van der Waals surface area contributed by atoms with Crippen LogP contribution >= 0.6 is 15.9 Å². The van der Waals surface area contributed by atoms with Crippen LogP contribution in [-0.2, 0) is 4.74 Å². The fourth-order valence-electron chi connectivity index (χ4n) is 3.66. The van der Waals surface area contributed by atoms with E-state index in [4.69, 9.17) is 9.47 Å². The Morgan fingerprint density at radius 3 is 2.29 bits per heavy atom. The second kappa shape index (κ2) is 9.73. The van der Waals surface area contributed by atoms with E-state index in [0.29, 0.717) is 30.8 Å². The minimum atomic E-state index is -0.552. The molecule has 0 spiro atoms. The molecule has 166 valence electrons. The first-order valence-corrected chi connectivity index (χ1v) is 11.1. The number of nitrogens with zero attached hydrogens (tertiary/aromatic N) is 1. The molecule has 2 aromatic carbocycles. The Bertz CT molecular complexity index is 907. The van der Waals surface area contributed by atoms with Gasteiger partial charge in [0, 0.05) is 35.1 Å². The molecule has 3 rings (SSSR count). The molecule has 1 N–H and O–H groups in total. The van der Waals surface area contributed by atoms with E-state index in [1.54, 1.807) is 36.3 Å². The fraction of sp³-hybridized carbons (Fsp3) is 0.417. The number of rotatable bonds is 4. The van der Waals surface area contributed by atoms with Crippen LogP contribution in [0, 0.1) is 0 Å². The van der Waals surface area contributed by atoms with Crippen LogP contribution < -0.4 is 10.1 Å². The standard InChI is InChI=1S/C24H29BrN2O4/c1-24(2,3)31-23(29)27-14-13-21(20(15-27)16-5-9-18(25)10-6-16)26-22(28)17-7-11-19(30-4)12-8-17/h5-12,20-21H,13-15H2,1-4H3,(H,26,28). The van der Waals surface area contributed by atoms with E-state index in [-0.39, 0.29) is 24.0 Å². The largest absolute Gasteiger partial charge is 0.497 e. The van der Waals surface area contributed by atoms with Crippen molar-refractivity contribution in [3.8, 4) is 5.75 Å². The number of hydrogen-bond donors (Lipinski definition) is 1. The van der Waals surface area contributed by atoms with Gasteiger partial charge in [-0.1, -0.05) is 28.1 Å². The Hall–Kier alpha value is -2.54. The summed E-state index contributed by atoms with van der Waals surface area (Å²) in [5.74, 6) is 0.520.